The number of thiazole rings is 1. The number of benzene rings is 2. The fourth-order valence-corrected chi connectivity index (χ4v) is 3.67. The monoisotopic (exact) mass is 392 g/mol. The van der Waals surface area contributed by atoms with Crippen molar-refractivity contribution >= 4 is 39.1 Å². The zero-order valence-electron chi connectivity index (χ0n) is 15.3. The summed E-state index contributed by atoms with van der Waals surface area (Å²) in [5.41, 5.74) is 4.35. The summed E-state index contributed by atoms with van der Waals surface area (Å²) in [5, 5.41) is 6.42. The van der Waals surface area contributed by atoms with Crippen LogP contribution in [0.4, 0.5) is 17.6 Å². The van der Waals surface area contributed by atoms with Gasteiger partial charge in [-0.25, -0.2) is 9.78 Å². The van der Waals surface area contributed by atoms with Crippen LogP contribution in [0, 0.1) is 0 Å². The van der Waals surface area contributed by atoms with E-state index >= 15 is 0 Å². The highest BCUT2D eigenvalue weighted by molar-refractivity contribution is 7.16. The maximum absolute atomic E-state index is 12.0. The molecule has 142 valence electrons. The van der Waals surface area contributed by atoms with Gasteiger partial charge in [0.1, 0.15) is 0 Å². The number of aromatic amines is 1. The summed E-state index contributed by atoms with van der Waals surface area (Å²) >= 11 is 1.56. The first-order valence-electron chi connectivity index (χ1n) is 9.08. The fourth-order valence-electron chi connectivity index (χ4n) is 2.96. The molecule has 2 aromatic carbocycles. The van der Waals surface area contributed by atoms with Crippen molar-refractivity contribution in [1.29, 1.82) is 0 Å². The average Bonchev–Trinajstić information content (AvgIpc) is 3.15. The van der Waals surface area contributed by atoms with Gasteiger partial charge in [0, 0.05) is 11.7 Å². The van der Waals surface area contributed by atoms with Gasteiger partial charge in [-0.15, -0.1) is 11.3 Å². The molecule has 0 aliphatic rings. The second-order valence-electron chi connectivity index (χ2n) is 6.43. The van der Waals surface area contributed by atoms with Crippen molar-refractivity contribution in [3.63, 3.8) is 0 Å². The quantitative estimate of drug-likeness (QED) is 0.441. The summed E-state index contributed by atoms with van der Waals surface area (Å²) in [6, 6.07) is 16.2. The van der Waals surface area contributed by atoms with Crippen LogP contribution in [0.5, 0.6) is 0 Å². The highest BCUT2D eigenvalue weighted by atomic mass is 32.1. The second-order valence-corrected chi connectivity index (χ2v) is 7.31. The van der Waals surface area contributed by atoms with Gasteiger partial charge in [0.05, 0.1) is 15.7 Å². The summed E-state index contributed by atoms with van der Waals surface area (Å²) in [7, 11) is 0. The summed E-state index contributed by atoms with van der Waals surface area (Å²) in [6.07, 6.45) is 1.72. The molecule has 0 radical (unpaired) electrons. The molecule has 4 aromatic rings. The molecule has 0 amide bonds. The third-order valence-electron chi connectivity index (χ3n) is 4.40. The van der Waals surface area contributed by atoms with Crippen LogP contribution < -0.4 is 16.3 Å². The Kier molecular flexibility index (Phi) is 5.29. The van der Waals surface area contributed by atoms with Crippen LogP contribution in [0.2, 0.25) is 0 Å². The van der Waals surface area contributed by atoms with Crippen LogP contribution >= 0.6 is 11.3 Å². The molecule has 0 saturated heterocycles. The van der Waals surface area contributed by atoms with E-state index in [9.17, 15) is 4.79 Å². The largest absolute Gasteiger partial charge is 0.351 e. The third kappa shape index (κ3) is 4.34. The van der Waals surface area contributed by atoms with Gasteiger partial charge in [-0.05, 0) is 36.6 Å². The Labute approximate surface area is 165 Å². The lowest BCUT2D eigenvalue weighted by Gasteiger charge is -2.17. The van der Waals surface area contributed by atoms with E-state index in [4.69, 9.17) is 0 Å². The highest BCUT2D eigenvalue weighted by Gasteiger charge is 2.11. The van der Waals surface area contributed by atoms with E-state index in [1.54, 1.807) is 16.8 Å². The molecule has 0 aliphatic carbocycles. The first-order valence-corrected chi connectivity index (χ1v) is 9.96. The van der Waals surface area contributed by atoms with Crippen molar-refractivity contribution in [2.45, 2.75) is 25.8 Å². The molecule has 2 heterocycles. The summed E-state index contributed by atoms with van der Waals surface area (Å²) in [6.45, 7) is 2.09. The number of fused-ring (bicyclic) bond motifs is 1. The number of anilines is 3. The molecule has 3 N–H and O–H groups in total. The normalized spacial score (nSPS) is 12.0. The van der Waals surface area contributed by atoms with Crippen molar-refractivity contribution in [3.05, 3.63) is 70.1 Å². The molecule has 1 atom stereocenters. The van der Waals surface area contributed by atoms with Gasteiger partial charge in [-0.2, -0.15) is 9.97 Å². The van der Waals surface area contributed by atoms with E-state index in [1.165, 1.54) is 5.56 Å². The van der Waals surface area contributed by atoms with Gasteiger partial charge in [-0.3, -0.25) is 4.98 Å². The second kappa shape index (κ2) is 8.18. The molecule has 2 aromatic heterocycles. The molecule has 4 rings (SSSR count). The van der Waals surface area contributed by atoms with Crippen molar-refractivity contribution in [2.75, 3.05) is 10.6 Å². The average molecular weight is 392 g/mol. The zero-order chi connectivity index (χ0) is 19.3. The Hall–Kier alpha value is -3.26. The number of nitrogens with one attached hydrogen (secondary N) is 3. The molecule has 0 fully saturated rings. The van der Waals surface area contributed by atoms with Gasteiger partial charge in [0.15, 0.2) is 0 Å². The molecule has 0 saturated carbocycles. The van der Waals surface area contributed by atoms with Crippen molar-refractivity contribution in [3.8, 4) is 0 Å². The van der Waals surface area contributed by atoms with Crippen LogP contribution in [0.1, 0.15) is 18.9 Å². The predicted octanol–water partition coefficient (Wildman–Crippen LogP) is 3.95. The molecule has 28 heavy (non-hydrogen) atoms. The van der Waals surface area contributed by atoms with E-state index in [2.05, 4.69) is 49.6 Å². The lowest BCUT2D eigenvalue weighted by atomic mass is 10.0. The summed E-state index contributed by atoms with van der Waals surface area (Å²) in [4.78, 5) is 27.3. The minimum absolute atomic E-state index is 0.130. The van der Waals surface area contributed by atoms with E-state index < -0.39 is 5.69 Å². The molecule has 1 unspecified atom stereocenters. The first kappa shape index (κ1) is 18.1. The molecule has 7 nitrogen and oxygen atoms in total. The Balaban J connectivity index is 1.51. The molecule has 0 aliphatic heterocycles. The number of H-pyrrole nitrogens is 1. The van der Waals surface area contributed by atoms with E-state index in [1.807, 2.05) is 36.4 Å². The molecular weight excluding hydrogens is 372 g/mol. The molecule has 8 heteroatoms. The number of nitrogens with zero attached hydrogens (tertiary/aromatic N) is 3. The molecular formula is C20H20N6OS. The Morgan fingerprint density at radius 2 is 2.00 bits per heavy atom. The maximum Gasteiger partial charge on any atom is 0.351 e. The smallest absolute Gasteiger partial charge is 0.351 e. The van der Waals surface area contributed by atoms with Gasteiger partial charge < -0.3 is 10.6 Å². The number of hydrogen-bond acceptors (Lipinski definition) is 7. The van der Waals surface area contributed by atoms with Crippen LogP contribution in [0.25, 0.3) is 10.2 Å². The molecule has 0 bridgehead atoms. The van der Waals surface area contributed by atoms with E-state index in [0.717, 1.165) is 28.7 Å². The lowest BCUT2D eigenvalue weighted by Crippen LogP contribution is -2.26. The van der Waals surface area contributed by atoms with Gasteiger partial charge in [0.25, 0.3) is 0 Å². The Morgan fingerprint density at radius 3 is 2.82 bits per heavy atom. The number of rotatable bonds is 7. The first-order chi connectivity index (χ1) is 13.7. The van der Waals surface area contributed by atoms with Crippen molar-refractivity contribution in [2.24, 2.45) is 0 Å². The van der Waals surface area contributed by atoms with Crippen molar-refractivity contribution in [1.82, 2.24) is 19.9 Å². The standard InChI is InChI=1S/C20H20N6OS/c1-2-14(10-13-6-4-3-5-7-13)22-18-24-19(26-20(27)25-18)23-15-8-9-16-17(11-15)28-12-21-16/h3-9,11-12,14H,2,10H2,1H3,(H3,22,23,24,25,26,27). The maximum atomic E-state index is 12.0. The van der Waals surface area contributed by atoms with Crippen molar-refractivity contribution < 1.29 is 0 Å². The SMILES string of the molecule is CCC(Cc1ccccc1)Nc1nc(Nc2ccc3ncsc3c2)[nH]c(=O)n1. The minimum Gasteiger partial charge on any atom is -0.351 e. The fraction of sp³-hybridized carbons (Fsp3) is 0.200. The lowest BCUT2D eigenvalue weighted by molar-refractivity contribution is 0.680. The summed E-state index contributed by atoms with van der Waals surface area (Å²) in [5.74, 6) is 0.661. The van der Waals surface area contributed by atoms with E-state index in [-0.39, 0.29) is 6.04 Å². The van der Waals surface area contributed by atoms with Crippen LogP contribution in [0.15, 0.2) is 58.8 Å². The van der Waals surface area contributed by atoms with Crippen LogP contribution in [-0.2, 0) is 6.42 Å². The van der Waals surface area contributed by atoms with Gasteiger partial charge in [0.2, 0.25) is 11.9 Å². The predicted molar refractivity (Wildman–Crippen MR) is 113 cm³/mol. The minimum atomic E-state index is -0.451. The van der Waals surface area contributed by atoms with Crippen LogP contribution in [-0.4, -0.2) is 26.0 Å². The van der Waals surface area contributed by atoms with Gasteiger partial charge in [-0.1, -0.05) is 37.3 Å². The summed E-state index contributed by atoms with van der Waals surface area (Å²) < 4.78 is 1.06. The Morgan fingerprint density at radius 1 is 1.14 bits per heavy atom. The Bertz CT molecular complexity index is 1120. The van der Waals surface area contributed by atoms with Crippen LogP contribution in [0.3, 0.4) is 0 Å². The number of hydrogen-bond donors (Lipinski definition) is 3. The zero-order valence-corrected chi connectivity index (χ0v) is 16.2. The molecule has 0 spiro atoms. The van der Waals surface area contributed by atoms with E-state index in [0.29, 0.717) is 11.9 Å². The third-order valence-corrected chi connectivity index (χ3v) is 5.19. The topological polar surface area (TPSA) is 95.6 Å². The number of aromatic nitrogens is 4. The highest BCUT2D eigenvalue weighted by Crippen LogP contribution is 2.23. The van der Waals surface area contributed by atoms with Gasteiger partial charge >= 0.3 is 5.69 Å².